The highest BCUT2D eigenvalue weighted by Crippen LogP contribution is 2.27. The minimum absolute atomic E-state index is 0.0183. The maximum atomic E-state index is 11.5. The van der Waals surface area contributed by atoms with Crippen LogP contribution in [-0.2, 0) is 9.59 Å². The highest BCUT2D eigenvalue weighted by molar-refractivity contribution is 5.87. The second-order valence-electron chi connectivity index (χ2n) is 4.25. The van der Waals surface area contributed by atoms with Gasteiger partial charge in [-0.25, -0.2) is 0 Å². The Morgan fingerprint density at radius 2 is 1.93 bits per heavy atom. The van der Waals surface area contributed by atoms with Crippen LogP contribution in [0, 0.1) is 5.92 Å². The van der Waals surface area contributed by atoms with Crippen LogP contribution in [0.25, 0.3) is 0 Å². The molecule has 1 amide bonds. The molecule has 1 fully saturated rings. The van der Waals surface area contributed by atoms with Crippen molar-refractivity contribution < 1.29 is 9.59 Å². The zero-order valence-corrected chi connectivity index (χ0v) is 9.01. The van der Waals surface area contributed by atoms with Crippen molar-refractivity contribution in [3.63, 3.8) is 0 Å². The number of carbonyl (C=O) groups excluding carboxylic acids is 2. The molecule has 1 unspecified atom stereocenters. The first-order chi connectivity index (χ1) is 6.59. The Hall–Kier alpha value is -0.860. The Morgan fingerprint density at radius 3 is 2.43 bits per heavy atom. The van der Waals surface area contributed by atoms with Crippen molar-refractivity contribution in [1.82, 2.24) is 5.32 Å². The van der Waals surface area contributed by atoms with Crippen LogP contribution < -0.4 is 5.32 Å². The van der Waals surface area contributed by atoms with E-state index in [-0.39, 0.29) is 17.7 Å². The van der Waals surface area contributed by atoms with Crippen molar-refractivity contribution in [1.29, 1.82) is 0 Å². The molecule has 0 aliphatic heterocycles. The lowest BCUT2D eigenvalue weighted by atomic mass is 10.0. The van der Waals surface area contributed by atoms with Crippen LogP contribution in [0.3, 0.4) is 0 Å². The SMILES string of the molecule is CC(=O)C(C)NC(=O)CC1CCCC1. The lowest BCUT2D eigenvalue weighted by Crippen LogP contribution is -2.37. The molecule has 1 N–H and O–H groups in total. The molecule has 0 aromatic carbocycles. The summed E-state index contributed by atoms with van der Waals surface area (Å²) in [6, 6.07) is -0.330. The number of Topliss-reactive ketones (excluding diaryl/α,β-unsaturated/α-hetero) is 1. The lowest BCUT2D eigenvalue weighted by molar-refractivity contribution is -0.127. The van der Waals surface area contributed by atoms with Gasteiger partial charge in [-0.05, 0) is 32.6 Å². The van der Waals surface area contributed by atoms with Crippen molar-refractivity contribution in [3.8, 4) is 0 Å². The normalized spacial score (nSPS) is 19.3. The van der Waals surface area contributed by atoms with E-state index in [4.69, 9.17) is 0 Å². The second-order valence-corrected chi connectivity index (χ2v) is 4.25. The molecule has 3 nitrogen and oxygen atoms in total. The van der Waals surface area contributed by atoms with Gasteiger partial charge in [-0.2, -0.15) is 0 Å². The molecule has 1 aliphatic carbocycles. The Labute approximate surface area is 85.3 Å². The van der Waals surface area contributed by atoms with Crippen LogP contribution in [0.2, 0.25) is 0 Å². The summed E-state index contributed by atoms with van der Waals surface area (Å²) in [5.74, 6) is 0.596. The molecule has 0 spiro atoms. The zero-order valence-electron chi connectivity index (χ0n) is 9.01. The molecule has 0 bridgehead atoms. The van der Waals surface area contributed by atoms with E-state index in [1.54, 1.807) is 6.92 Å². The Morgan fingerprint density at radius 1 is 1.36 bits per heavy atom. The smallest absolute Gasteiger partial charge is 0.220 e. The molecular formula is C11H19NO2. The van der Waals surface area contributed by atoms with Crippen LogP contribution in [0.5, 0.6) is 0 Å². The summed E-state index contributed by atoms with van der Waals surface area (Å²) in [7, 11) is 0. The van der Waals surface area contributed by atoms with E-state index in [2.05, 4.69) is 5.32 Å². The van der Waals surface area contributed by atoms with Gasteiger partial charge < -0.3 is 5.32 Å². The molecule has 14 heavy (non-hydrogen) atoms. The maximum Gasteiger partial charge on any atom is 0.220 e. The summed E-state index contributed by atoms with van der Waals surface area (Å²) < 4.78 is 0. The molecule has 1 rings (SSSR count). The fourth-order valence-electron chi connectivity index (χ4n) is 1.88. The van der Waals surface area contributed by atoms with E-state index in [0.717, 1.165) is 0 Å². The summed E-state index contributed by atoms with van der Waals surface area (Å²) in [4.78, 5) is 22.4. The Bertz CT molecular complexity index is 219. The lowest BCUT2D eigenvalue weighted by Gasteiger charge is -2.13. The van der Waals surface area contributed by atoms with Crippen LogP contribution in [0.4, 0.5) is 0 Å². The van der Waals surface area contributed by atoms with Crippen molar-refractivity contribution >= 4 is 11.7 Å². The number of nitrogens with one attached hydrogen (secondary N) is 1. The third-order valence-corrected chi connectivity index (χ3v) is 2.94. The number of hydrogen-bond donors (Lipinski definition) is 1. The summed E-state index contributed by atoms with van der Waals surface area (Å²) in [5.41, 5.74) is 0. The second kappa shape index (κ2) is 5.13. The molecule has 3 heteroatoms. The highest BCUT2D eigenvalue weighted by Gasteiger charge is 2.19. The van der Waals surface area contributed by atoms with Gasteiger partial charge in [0.05, 0.1) is 6.04 Å². The predicted molar refractivity (Wildman–Crippen MR) is 54.9 cm³/mol. The van der Waals surface area contributed by atoms with Gasteiger partial charge in [0, 0.05) is 6.42 Å². The predicted octanol–water partition coefficient (Wildman–Crippen LogP) is 1.66. The van der Waals surface area contributed by atoms with Crippen molar-refractivity contribution in [2.45, 2.75) is 52.0 Å². The summed E-state index contributed by atoms with van der Waals surface area (Å²) >= 11 is 0. The molecule has 0 aromatic rings. The van der Waals surface area contributed by atoms with E-state index in [9.17, 15) is 9.59 Å². The molecule has 1 atom stereocenters. The van der Waals surface area contributed by atoms with Gasteiger partial charge in [-0.15, -0.1) is 0 Å². The van der Waals surface area contributed by atoms with Crippen LogP contribution in [0.15, 0.2) is 0 Å². The first-order valence-electron chi connectivity index (χ1n) is 5.39. The van der Waals surface area contributed by atoms with Gasteiger partial charge >= 0.3 is 0 Å². The highest BCUT2D eigenvalue weighted by atomic mass is 16.2. The monoisotopic (exact) mass is 197 g/mol. The van der Waals surface area contributed by atoms with Crippen LogP contribution in [0.1, 0.15) is 46.0 Å². The third kappa shape index (κ3) is 3.48. The number of rotatable bonds is 4. The maximum absolute atomic E-state index is 11.5. The first-order valence-corrected chi connectivity index (χ1v) is 5.39. The average molecular weight is 197 g/mol. The van der Waals surface area contributed by atoms with Gasteiger partial charge in [-0.3, -0.25) is 9.59 Å². The van der Waals surface area contributed by atoms with Crippen LogP contribution in [-0.4, -0.2) is 17.7 Å². The third-order valence-electron chi connectivity index (χ3n) is 2.94. The molecule has 80 valence electrons. The first kappa shape index (κ1) is 11.2. The Kier molecular flexibility index (Phi) is 4.11. The van der Waals surface area contributed by atoms with Crippen LogP contribution >= 0.6 is 0 Å². The van der Waals surface area contributed by atoms with E-state index in [0.29, 0.717) is 12.3 Å². The fraction of sp³-hybridized carbons (Fsp3) is 0.818. The number of amides is 1. The van der Waals surface area contributed by atoms with E-state index < -0.39 is 0 Å². The summed E-state index contributed by atoms with van der Waals surface area (Å²) in [6.45, 7) is 3.23. The van der Waals surface area contributed by atoms with Gasteiger partial charge in [0.25, 0.3) is 0 Å². The Balaban J connectivity index is 2.24. The molecular weight excluding hydrogens is 178 g/mol. The molecule has 0 radical (unpaired) electrons. The minimum atomic E-state index is -0.330. The molecule has 1 saturated carbocycles. The summed E-state index contributed by atoms with van der Waals surface area (Å²) in [6.07, 6.45) is 5.43. The van der Waals surface area contributed by atoms with E-state index >= 15 is 0 Å². The van der Waals surface area contributed by atoms with E-state index in [1.165, 1.54) is 32.6 Å². The quantitative estimate of drug-likeness (QED) is 0.745. The number of ketones is 1. The summed E-state index contributed by atoms with van der Waals surface area (Å²) in [5, 5.41) is 2.72. The standard InChI is InChI=1S/C11H19NO2/c1-8(9(2)13)12-11(14)7-10-5-3-4-6-10/h8,10H,3-7H2,1-2H3,(H,12,14). The molecule has 0 aromatic heterocycles. The number of hydrogen-bond acceptors (Lipinski definition) is 2. The van der Waals surface area contributed by atoms with Crippen molar-refractivity contribution in [3.05, 3.63) is 0 Å². The van der Waals surface area contributed by atoms with Gasteiger partial charge in [-0.1, -0.05) is 12.8 Å². The zero-order chi connectivity index (χ0) is 10.6. The van der Waals surface area contributed by atoms with Crippen molar-refractivity contribution in [2.75, 3.05) is 0 Å². The van der Waals surface area contributed by atoms with Crippen molar-refractivity contribution in [2.24, 2.45) is 5.92 Å². The van der Waals surface area contributed by atoms with Gasteiger partial charge in [0.1, 0.15) is 0 Å². The van der Waals surface area contributed by atoms with Gasteiger partial charge in [0.15, 0.2) is 5.78 Å². The minimum Gasteiger partial charge on any atom is -0.347 e. The largest absolute Gasteiger partial charge is 0.347 e. The number of carbonyl (C=O) groups is 2. The average Bonchev–Trinajstić information content (AvgIpc) is 2.56. The van der Waals surface area contributed by atoms with E-state index in [1.807, 2.05) is 0 Å². The van der Waals surface area contributed by atoms with Gasteiger partial charge in [0.2, 0.25) is 5.91 Å². The molecule has 1 aliphatic rings. The fourth-order valence-corrected chi connectivity index (χ4v) is 1.88. The molecule has 0 heterocycles. The molecule has 0 saturated heterocycles. The topological polar surface area (TPSA) is 46.2 Å².